The molecule has 1 N–H and O–H groups in total. The van der Waals surface area contributed by atoms with Gasteiger partial charge in [0.25, 0.3) is 5.91 Å². The molecule has 0 heterocycles. The maximum absolute atomic E-state index is 12.6. The summed E-state index contributed by atoms with van der Waals surface area (Å²) in [6, 6.07) is 5.42. The van der Waals surface area contributed by atoms with E-state index in [1.807, 2.05) is 0 Å². The van der Waals surface area contributed by atoms with Crippen molar-refractivity contribution in [3.63, 3.8) is 0 Å². The zero-order chi connectivity index (χ0) is 24.6. The minimum atomic E-state index is -3.96. The molecule has 0 saturated heterocycles. The van der Waals surface area contributed by atoms with Crippen molar-refractivity contribution in [1.82, 2.24) is 9.73 Å². The second kappa shape index (κ2) is 8.98. The second-order valence-electron chi connectivity index (χ2n) is 9.59. The molecule has 2 aliphatic rings. The van der Waals surface area contributed by atoms with Gasteiger partial charge in [-0.25, -0.2) is 13.8 Å². The fraction of sp³-hybridized carbons (Fsp3) is 0.565. The molecular weight excluding hydrogens is 446 g/mol. The van der Waals surface area contributed by atoms with Crippen LogP contribution in [0.5, 0.6) is 0 Å². The Kier molecular flexibility index (Phi) is 6.82. The van der Waals surface area contributed by atoms with Crippen LogP contribution in [0.15, 0.2) is 34.3 Å². The molecule has 1 aromatic rings. The van der Waals surface area contributed by atoms with Crippen molar-refractivity contribution < 1.29 is 27.5 Å². The molecular formula is C23H31N3O6S. The zero-order valence-electron chi connectivity index (χ0n) is 19.7. The Labute approximate surface area is 194 Å². The molecule has 2 aliphatic carbocycles. The summed E-state index contributed by atoms with van der Waals surface area (Å²) in [5.41, 5.74) is 3.89. The summed E-state index contributed by atoms with van der Waals surface area (Å²) in [4.78, 5) is 35.5. The molecule has 0 radical (unpaired) electrons. The third kappa shape index (κ3) is 4.72. The maximum atomic E-state index is 12.6. The Balaban J connectivity index is 1.50. The molecule has 9 nitrogen and oxygen atoms in total. The number of nitrogens with one attached hydrogen (secondary N) is 1. The second-order valence-corrected chi connectivity index (χ2v) is 11.6. The molecule has 2 atom stereocenters. The van der Waals surface area contributed by atoms with E-state index in [1.54, 1.807) is 0 Å². The molecule has 2 bridgehead atoms. The number of likely N-dealkylation sites (N-methyl/N-ethyl adjacent to an activating group) is 1. The van der Waals surface area contributed by atoms with Crippen molar-refractivity contribution in [2.45, 2.75) is 51.9 Å². The van der Waals surface area contributed by atoms with E-state index < -0.39 is 35.1 Å². The highest BCUT2D eigenvalue weighted by Gasteiger charge is 2.60. The number of amides is 1. The number of ether oxygens (including phenoxy) is 1. The number of benzene rings is 1. The normalized spacial score (nSPS) is 24.8. The number of hydrogen-bond donors (Lipinski definition) is 1. The number of rotatable bonds is 8. The van der Waals surface area contributed by atoms with Gasteiger partial charge in [-0.05, 0) is 49.7 Å². The molecule has 1 aromatic carbocycles. The van der Waals surface area contributed by atoms with Crippen molar-refractivity contribution >= 4 is 33.4 Å². The van der Waals surface area contributed by atoms with Crippen LogP contribution in [0.25, 0.3) is 0 Å². The molecule has 2 fully saturated rings. The van der Waals surface area contributed by atoms with Crippen molar-refractivity contribution in [2.75, 3.05) is 20.2 Å². The number of hydrazone groups is 1. The quantitative estimate of drug-likeness (QED) is 0.348. The molecule has 10 heteroatoms. The molecule has 0 aromatic heterocycles. The average Bonchev–Trinajstić information content (AvgIpc) is 3.09. The first-order valence-corrected chi connectivity index (χ1v) is 12.3. The number of hydrogen-bond acceptors (Lipinski definition) is 7. The average molecular weight is 478 g/mol. The van der Waals surface area contributed by atoms with E-state index in [-0.39, 0.29) is 21.5 Å². The molecule has 0 spiro atoms. The van der Waals surface area contributed by atoms with Crippen molar-refractivity contribution in [2.24, 2.45) is 21.8 Å². The molecule has 33 heavy (non-hydrogen) atoms. The highest BCUT2D eigenvalue weighted by atomic mass is 32.2. The number of sulfonamides is 1. The van der Waals surface area contributed by atoms with Crippen LogP contribution >= 0.6 is 0 Å². The Bertz CT molecular complexity index is 1090. The molecule has 2 saturated carbocycles. The lowest BCUT2D eigenvalue weighted by Gasteiger charge is -2.34. The molecule has 1 amide bonds. The highest BCUT2D eigenvalue weighted by molar-refractivity contribution is 7.89. The van der Waals surface area contributed by atoms with Gasteiger partial charge in [0.15, 0.2) is 12.4 Å². The molecule has 2 unspecified atom stereocenters. The first-order chi connectivity index (χ1) is 15.3. The standard InChI is InChI=1S/C23H31N3O6S/c1-15(27)16-6-8-18(9-7-16)33(30,31)26(5)13-21(29)32-14-20(28)25-24-19-12-17-10-11-23(19,4)22(17,2)3/h6-9,17H,10-14H2,1-5H3,(H,25,28)/b24-19+. The van der Waals surface area contributed by atoms with E-state index in [2.05, 4.69) is 31.3 Å². The monoisotopic (exact) mass is 477 g/mol. The van der Waals surface area contributed by atoms with Gasteiger partial charge in [0.2, 0.25) is 10.0 Å². The zero-order valence-corrected chi connectivity index (χ0v) is 20.5. The minimum Gasteiger partial charge on any atom is -0.455 e. The van der Waals surface area contributed by atoms with E-state index in [4.69, 9.17) is 4.74 Å². The molecule has 3 rings (SSSR count). The van der Waals surface area contributed by atoms with Crippen molar-refractivity contribution in [1.29, 1.82) is 0 Å². The van der Waals surface area contributed by atoms with Crippen molar-refractivity contribution in [3.05, 3.63) is 29.8 Å². The largest absolute Gasteiger partial charge is 0.455 e. The number of fused-ring (bicyclic) bond motifs is 2. The fourth-order valence-electron chi connectivity index (χ4n) is 4.76. The third-order valence-corrected chi connectivity index (χ3v) is 9.33. The Morgan fingerprint density at radius 2 is 1.82 bits per heavy atom. The minimum absolute atomic E-state index is 0.0543. The summed E-state index contributed by atoms with van der Waals surface area (Å²) in [6.45, 7) is 6.91. The summed E-state index contributed by atoms with van der Waals surface area (Å²) in [5, 5.41) is 4.31. The van der Waals surface area contributed by atoms with Gasteiger partial charge < -0.3 is 4.74 Å². The van der Waals surface area contributed by atoms with Gasteiger partial charge in [-0.15, -0.1) is 0 Å². The Hall–Kier alpha value is -2.59. The number of Topliss-reactive ketones (excluding diaryl/α,β-unsaturated/α-hetero) is 1. The Morgan fingerprint density at radius 1 is 1.18 bits per heavy atom. The van der Waals surface area contributed by atoms with Crippen LogP contribution in [0.3, 0.4) is 0 Å². The van der Waals surface area contributed by atoms with Crippen LogP contribution in [0.4, 0.5) is 0 Å². The maximum Gasteiger partial charge on any atom is 0.321 e. The lowest BCUT2D eigenvalue weighted by atomic mass is 9.70. The summed E-state index contributed by atoms with van der Waals surface area (Å²) in [7, 11) is -2.73. The third-order valence-electron chi connectivity index (χ3n) is 7.51. The SMILES string of the molecule is CC(=O)c1ccc(S(=O)(=O)N(C)CC(=O)OCC(=O)N/N=C2\CC3CCC2(C)C3(C)C)cc1. The van der Waals surface area contributed by atoms with E-state index in [9.17, 15) is 22.8 Å². The van der Waals surface area contributed by atoms with E-state index in [0.29, 0.717) is 11.5 Å². The lowest BCUT2D eigenvalue weighted by Crippen LogP contribution is -2.36. The summed E-state index contributed by atoms with van der Waals surface area (Å²) in [5.74, 6) is -1.08. The predicted molar refractivity (Wildman–Crippen MR) is 122 cm³/mol. The van der Waals surface area contributed by atoms with Gasteiger partial charge in [-0.1, -0.05) is 32.9 Å². The van der Waals surface area contributed by atoms with Gasteiger partial charge in [0, 0.05) is 23.7 Å². The number of carbonyl (C=O) groups excluding carboxylic acids is 3. The molecule has 0 aliphatic heterocycles. The topological polar surface area (TPSA) is 122 Å². The number of carbonyl (C=O) groups is 3. The van der Waals surface area contributed by atoms with Gasteiger partial charge in [-0.3, -0.25) is 14.4 Å². The summed E-state index contributed by atoms with van der Waals surface area (Å²) < 4.78 is 31.0. The summed E-state index contributed by atoms with van der Waals surface area (Å²) >= 11 is 0. The number of esters is 1. The van der Waals surface area contributed by atoms with Crippen LogP contribution < -0.4 is 5.43 Å². The van der Waals surface area contributed by atoms with Crippen LogP contribution in [-0.2, 0) is 24.3 Å². The lowest BCUT2D eigenvalue weighted by molar-refractivity contribution is -0.148. The van der Waals surface area contributed by atoms with Crippen LogP contribution in [0, 0.1) is 16.7 Å². The first kappa shape index (κ1) is 25.0. The van der Waals surface area contributed by atoms with Crippen LogP contribution in [0.2, 0.25) is 0 Å². The van der Waals surface area contributed by atoms with Gasteiger partial charge in [-0.2, -0.15) is 9.41 Å². The summed E-state index contributed by atoms with van der Waals surface area (Å²) in [6.07, 6.45) is 3.04. The van der Waals surface area contributed by atoms with Crippen molar-refractivity contribution in [3.8, 4) is 0 Å². The van der Waals surface area contributed by atoms with E-state index in [1.165, 1.54) is 38.2 Å². The van der Waals surface area contributed by atoms with Gasteiger partial charge >= 0.3 is 5.97 Å². The van der Waals surface area contributed by atoms with Crippen LogP contribution in [-0.4, -0.2) is 56.3 Å². The smallest absolute Gasteiger partial charge is 0.321 e. The first-order valence-electron chi connectivity index (χ1n) is 10.9. The number of nitrogens with zero attached hydrogens (tertiary/aromatic N) is 2. The molecule has 180 valence electrons. The Morgan fingerprint density at radius 3 is 2.33 bits per heavy atom. The van der Waals surface area contributed by atoms with E-state index in [0.717, 1.165) is 29.3 Å². The van der Waals surface area contributed by atoms with Gasteiger partial charge in [0.1, 0.15) is 6.54 Å². The number of ketones is 1. The van der Waals surface area contributed by atoms with E-state index >= 15 is 0 Å². The van der Waals surface area contributed by atoms with Crippen LogP contribution in [0.1, 0.15) is 57.3 Å². The predicted octanol–water partition coefficient (Wildman–Crippen LogP) is 2.37. The fourth-order valence-corrected chi connectivity index (χ4v) is 5.87. The van der Waals surface area contributed by atoms with Gasteiger partial charge in [0.05, 0.1) is 4.90 Å². The highest BCUT2D eigenvalue weighted by Crippen LogP contribution is 2.63.